The Bertz CT molecular complexity index is 490. The summed E-state index contributed by atoms with van der Waals surface area (Å²) in [6.07, 6.45) is 4.14. The maximum absolute atomic E-state index is 12.3. The predicted molar refractivity (Wildman–Crippen MR) is 76.5 cm³/mol. The van der Waals surface area contributed by atoms with Gasteiger partial charge in [-0.2, -0.15) is 0 Å². The van der Waals surface area contributed by atoms with Gasteiger partial charge >= 0.3 is 0 Å². The quantitative estimate of drug-likeness (QED) is 0.746. The van der Waals surface area contributed by atoms with Crippen molar-refractivity contribution >= 4 is 17.6 Å². The van der Waals surface area contributed by atoms with Crippen molar-refractivity contribution in [3.05, 3.63) is 23.9 Å². The van der Waals surface area contributed by atoms with E-state index in [-0.39, 0.29) is 11.8 Å². The molecular formula is C14H20N4O2. The van der Waals surface area contributed by atoms with Crippen LogP contribution in [0.2, 0.25) is 0 Å². The van der Waals surface area contributed by atoms with Crippen molar-refractivity contribution in [1.29, 1.82) is 0 Å². The molecule has 2 heterocycles. The Morgan fingerprint density at radius 1 is 1.55 bits per heavy atom. The highest BCUT2D eigenvalue weighted by molar-refractivity contribution is 6.01. The van der Waals surface area contributed by atoms with Crippen molar-refractivity contribution in [3.8, 4) is 0 Å². The molecule has 2 rings (SSSR count). The average Bonchev–Trinajstić information content (AvgIpc) is 2.47. The maximum atomic E-state index is 12.3. The van der Waals surface area contributed by atoms with E-state index in [0.717, 1.165) is 19.4 Å². The van der Waals surface area contributed by atoms with E-state index in [4.69, 9.17) is 0 Å². The Balaban J connectivity index is 2.06. The molecule has 0 bridgehead atoms. The van der Waals surface area contributed by atoms with Gasteiger partial charge in [0.05, 0.1) is 5.56 Å². The normalized spacial score (nSPS) is 18.2. The van der Waals surface area contributed by atoms with E-state index < -0.39 is 6.04 Å². The molecule has 108 valence electrons. The van der Waals surface area contributed by atoms with E-state index in [1.54, 1.807) is 18.3 Å². The monoisotopic (exact) mass is 276 g/mol. The van der Waals surface area contributed by atoms with Gasteiger partial charge in [-0.25, -0.2) is 4.98 Å². The maximum Gasteiger partial charge on any atom is 0.255 e. The van der Waals surface area contributed by atoms with Gasteiger partial charge in [0, 0.05) is 19.3 Å². The fourth-order valence-corrected chi connectivity index (χ4v) is 2.12. The van der Waals surface area contributed by atoms with Crippen molar-refractivity contribution in [2.45, 2.75) is 32.2 Å². The highest BCUT2D eigenvalue weighted by atomic mass is 16.2. The summed E-state index contributed by atoms with van der Waals surface area (Å²) in [7, 11) is 0. The molecule has 0 aromatic carbocycles. The van der Waals surface area contributed by atoms with Crippen LogP contribution in [0.3, 0.4) is 0 Å². The molecule has 0 spiro atoms. The van der Waals surface area contributed by atoms with Crippen LogP contribution in [0, 0.1) is 0 Å². The van der Waals surface area contributed by atoms with Crippen LogP contribution in [0.1, 0.15) is 36.5 Å². The molecule has 1 aliphatic rings. The van der Waals surface area contributed by atoms with Crippen molar-refractivity contribution < 1.29 is 9.59 Å². The zero-order valence-electron chi connectivity index (χ0n) is 11.6. The Labute approximate surface area is 118 Å². The molecule has 1 unspecified atom stereocenters. The van der Waals surface area contributed by atoms with Crippen LogP contribution in [-0.4, -0.2) is 35.9 Å². The lowest BCUT2D eigenvalue weighted by atomic mass is 10.1. The molecule has 1 atom stereocenters. The van der Waals surface area contributed by atoms with Gasteiger partial charge in [0.2, 0.25) is 5.91 Å². The van der Waals surface area contributed by atoms with Crippen molar-refractivity contribution in [3.63, 3.8) is 0 Å². The molecule has 1 aliphatic heterocycles. The number of pyridine rings is 1. The first-order valence-corrected chi connectivity index (χ1v) is 7.00. The van der Waals surface area contributed by atoms with E-state index in [0.29, 0.717) is 24.3 Å². The van der Waals surface area contributed by atoms with Gasteiger partial charge in [0.15, 0.2) is 0 Å². The Morgan fingerprint density at radius 3 is 3.15 bits per heavy atom. The van der Waals surface area contributed by atoms with Crippen LogP contribution in [0.15, 0.2) is 18.3 Å². The third-order valence-electron chi connectivity index (χ3n) is 3.19. The first-order valence-electron chi connectivity index (χ1n) is 7.00. The summed E-state index contributed by atoms with van der Waals surface area (Å²) >= 11 is 0. The van der Waals surface area contributed by atoms with Crippen molar-refractivity contribution in [2.24, 2.45) is 0 Å². The van der Waals surface area contributed by atoms with Crippen molar-refractivity contribution in [1.82, 2.24) is 15.6 Å². The van der Waals surface area contributed by atoms with Gasteiger partial charge in [0.1, 0.15) is 11.9 Å². The second-order valence-electron chi connectivity index (χ2n) is 4.79. The number of hydrogen-bond acceptors (Lipinski definition) is 4. The molecule has 0 radical (unpaired) electrons. The lowest BCUT2D eigenvalue weighted by molar-refractivity contribution is -0.124. The number of carbonyl (C=O) groups is 2. The van der Waals surface area contributed by atoms with E-state index in [1.165, 1.54) is 0 Å². The summed E-state index contributed by atoms with van der Waals surface area (Å²) in [5.74, 6) is 0.179. The lowest BCUT2D eigenvalue weighted by Crippen LogP contribution is -2.50. The van der Waals surface area contributed by atoms with Gasteiger partial charge < -0.3 is 16.0 Å². The number of nitrogens with one attached hydrogen (secondary N) is 3. The number of nitrogens with zero attached hydrogens (tertiary/aromatic N) is 1. The molecule has 3 N–H and O–H groups in total. The predicted octanol–water partition coefficient (Wildman–Crippen LogP) is 0.912. The molecule has 6 heteroatoms. The molecule has 0 aliphatic carbocycles. The summed E-state index contributed by atoms with van der Waals surface area (Å²) in [4.78, 5) is 28.1. The summed E-state index contributed by atoms with van der Waals surface area (Å²) in [6, 6.07) is 2.98. The van der Waals surface area contributed by atoms with Gasteiger partial charge in [-0.05, 0) is 31.4 Å². The van der Waals surface area contributed by atoms with E-state index >= 15 is 0 Å². The van der Waals surface area contributed by atoms with Crippen LogP contribution in [-0.2, 0) is 4.79 Å². The van der Waals surface area contributed by atoms with E-state index in [9.17, 15) is 9.59 Å². The second-order valence-corrected chi connectivity index (χ2v) is 4.79. The first kappa shape index (κ1) is 14.3. The van der Waals surface area contributed by atoms with Crippen LogP contribution in [0.4, 0.5) is 5.82 Å². The topological polar surface area (TPSA) is 83.1 Å². The minimum absolute atomic E-state index is 0.114. The number of amides is 2. The highest BCUT2D eigenvalue weighted by Gasteiger charge is 2.25. The fourth-order valence-electron chi connectivity index (χ4n) is 2.12. The highest BCUT2D eigenvalue weighted by Crippen LogP contribution is 2.12. The summed E-state index contributed by atoms with van der Waals surface area (Å²) in [5, 5.41) is 8.64. The van der Waals surface area contributed by atoms with Crippen LogP contribution in [0.5, 0.6) is 0 Å². The molecule has 1 aromatic heterocycles. The minimum Gasteiger partial charge on any atom is -0.369 e. The smallest absolute Gasteiger partial charge is 0.255 e. The van der Waals surface area contributed by atoms with Gasteiger partial charge in [-0.1, -0.05) is 6.92 Å². The third-order valence-corrected chi connectivity index (χ3v) is 3.19. The standard InChI is InChI=1S/C14H20N4O2/c1-2-7-15-12-10(5-3-8-16-12)13(19)18-11-6-4-9-17-14(11)20/h3,5,8,11H,2,4,6-7,9H2,1H3,(H,15,16)(H,17,20)(H,18,19). The minimum atomic E-state index is -0.449. The summed E-state index contributed by atoms with van der Waals surface area (Å²) in [6.45, 7) is 3.48. The zero-order valence-corrected chi connectivity index (χ0v) is 11.6. The number of anilines is 1. The van der Waals surface area contributed by atoms with Crippen molar-refractivity contribution in [2.75, 3.05) is 18.4 Å². The molecule has 2 amide bonds. The third kappa shape index (κ3) is 3.46. The zero-order chi connectivity index (χ0) is 14.4. The molecule has 6 nitrogen and oxygen atoms in total. The van der Waals surface area contributed by atoms with Crippen LogP contribution in [0.25, 0.3) is 0 Å². The second kappa shape index (κ2) is 6.88. The molecule has 20 heavy (non-hydrogen) atoms. The Kier molecular flexibility index (Phi) is 4.92. The average molecular weight is 276 g/mol. The number of piperidine rings is 1. The Morgan fingerprint density at radius 2 is 2.40 bits per heavy atom. The number of carbonyl (C=O) groups excluding carboxylic acids is 2. The summed E-state index contributed by atoms with van der Waals surface area (Å²) < 4.78 is 0. The SMILES string of the molecule is CCCNc1ncccc1C(=O)NC1CCCNC1=O. The number of hydrogen-bond donors (Lipinski definition) is 3. The largest absolute Gasteiger partial charge is 0.369 e. The fraction of sp³-hybridized carbons (Fsp3) is 0.500. The van der Waals surface area contributed by atoms with Gasteiger partial charge in [-0.3, -0.25) is 9.59 Å². The number of rotatable bonds is 5. The molecule has 1 fully saturated rings. The van der Waals surface area contributed by atoms with Crippen LogP contribution < -0.4 is 16.0 Å². The molecule has 0 saturated carbocycles. The number of aromatic nitrogens is 1. The first-order chi connectivity index (χ1) is 9.72. The molecule has 1 saturated heterocycles. The van der Waals surface area contributed by atoms with E-state index in [1.807, 2.05) is 6.92 Å². The van der Waals surface area contributed by atoms with Gasteiger partial charge in [-0.15, -0.1) is 0 Å². The lowest BCUT2D eigenvalue weighted by Gasteiger charge is -2.23. The van der Waals surface area contributed by atoms with Gasteiger partial charge in [0.25, 0.3) is 5.91 Å². The van der Waals surface area contributed by atoms with E-state index in [2.05, 4.69) is 20.9 Å². The Hall–Kier alpha value is -2.11. The summed E-state index contributed by atoms with van der Waals surface area (Å²) in [5.41, 5.74) is 0.472. The molecular weight excluding hydrogens is 256 g/mol. The molecule has 1 aromatic rings. The van der Waals surface area contributed by atoms with Crippen LogP contribution >= 0.6 is 0 Å².